The van der Waals surface area contributed by atoms with Gasteiger partial charge in [0.1, 0.15) is 11.2 Å². The first-order chi connectivity index (χ1) is 14.2. The van der Waals surface area contributed by atoms with E-state index in [0.29, 0.717) is 31.0 Å². The zero-order valence-electron chi connectivity index (χ0n) is 18.0. The van der Waals surface area contributed by atoms with Gasteiger partial charge in [-0.05, 0) is 47.7 Å². The number of hydrogen-bond donors (Lipinski definition) is 0. The molecular weight excluding hydrogens is 399 g/mol. The molecule has 1 aliphatic rings. The Bertz CT molecular complexity index is 891. The van der Waals surface area contributed by atoms with Gasteiger partial charge in [0, 0.05) is 25.2 Å². The molecule has 160 valence electrons. The van der Waals surface area contributed by atoms with E-state index in [1.54, 1.807) is 16.7 Å². The lowest BCUT2D eigenvalue weighted by atomic mass is 9.87. The quantitative estimate of drug-likeness (QED) is 0.660. The number of benzene rings is 2. The molecule has 0 aromatic heterocycles. The molecule has 1 fully saturated rings. The Morgan fingerprint density at radius 1 is 1.13 bits per heavy atom. The van der Waals surface area contributed by atoms with E-state index in [9.17, 15) is 14.0 Å². The average Bonchev–Trinajstić information content (AvgIpc) is 3.09. The Labute approximate surface area is 182 Å². The molecule has 1 heterocycles. The molecular formula is C24H29FN2O2S. The summed E-state index contributed by atoms with van der Waals surface area (Å²) in [6, 6.07) is 14.0. The largest absolute Gasteiger partial charge is 0.337 e. The maximum atomic E-state index is 13.2. The number of hydrogen-bond acceptors (Lipinski definition) is 3. The molecule has 0 radical (unpaired) electrons. The van der Waals surface area contributed by atoms with Crippen LogP contribution >= 0.6 is 11.8 Å². The van der Waals surface area contributed by atoms with Crippen molar-refractivity contribution in [2.24, 2.45) is 0 Å². The molecule has 1 atom stereocenters. The minimum atomic E-state index is -0.366. The summed E-state index contributed by atoms with van der Waals surface area (Å²) in [5.74, 6) is 0.0247. The summed E-state index contributed by atoms with van der Waals surface area (Å²) in [5.41, 5.74) is 2.90. The second kappa shape index (κ2) is 9.21. The molecule has 1 aliphatic heterocycles. The van der Waals surface area contributed by atoms with Crippen LogP contribution in [0, 0.1) is 5.82 Å². The highest BCUT2D eigenvalue weighted by atomic mass is 32.2. The van der Waals surface area contributed by atoms with Crippen LogP contribution in [0.5, 0.6) is 0 Å². The molecule has 0 aliphatic carbocycles. The number of halogens is 1. The second-order valence-electron chi connectivity index (χ2n) is 8.51. The predicted octanol–water partition coefficient (Wildman–Crippen LogP) is 4.86. The van der Waals surface area contributed by atoms with E-state index in [1.807, 2.05) is 11.8 Å². The van der Waals surface area contributed by atoms with Crippen molar-refractivity contribution in [3.63, 3.8) is 0 Å². The van der Waals surface area contributed by atoms with Crippen molar-refractivity contribution >= 4 is 23.6 Å². The fourth-order valence-corrected chi connectivity index (χ4v) is 4.75. The van der Waals surface area contributed by atoms with Gasteiger partial charge in [0.25, 0.3) is 5.91 Å². The van der Waals surface area contributed by atoms with Gasteiger partial charge in [-0.25, -0.2) is 4.39 Å². The van der Waals surface area contributed by atoms with Crippen molar-refractivity contribution < 1.29 is 14.0 Å². The number of rotatable bonds is 6. The third kappa shape index (κ3) is 5.04. The molecule has 6 heteroatoms. The molecule has 2 aromatic carbocycles. The van der Waals surface area contributed by atoms with Gasteiger partial charge >= 0.3 is 0 Å². The highest BCUT2D eigenvalue weighted by Crippen LogP contribution is 2.39. The normalized spacial score (nSPS) is 16.8. The van der Waals surface area contributed by atoms with Crippen LogP contribution in [0.3, 0.4) is 0 Å². The van der Waals surface area contributed by atoms with Crippen molar-refractivity contribution in [2.75, 3.05) is 25.4 Å². The molecule has 0 bridgehead atoms. The van der Waals surface area contributed by atoms with E-state index in [-0.39, 0.29) is 28.4 Å². The van der Waals surface area contributed by atoms with Crippen LogP contribution in [0.25, 0.3) is 0 Å². The van der Waals surface area contributed by atoms with Gasteiger partial charge < -0.3 is 9.80 Å². The van der Waals surface area contributed by atoms with Crippen molar-refractivity contribution in [1.29, 1.82) is 0 Å². The molecule has 2 aromatic rings. The lowest BCUT2D eigenvalue weighted by Crippen LogP contribution is -2.40. The van der Waals surface area contributed by atoms with Crippen molar-refractivity contribution in [3.05, 3.63) is 71.0 Å². The molecule has 0 N–H and O–H groups in total. The zero-order valence-corrected chi connectivity index (χ0v) is 18.8. The summed E-state index contributed by atoms with van der Waals surface area (Å²) in [7, 11) is 0. The fourth-order valence-electron chi connectivity index (χ4n) is 3.53. The summed E-state index contributed by atoms with van der Waals surface area (Å²) in [4.78, 5) is 28.8. The number of carbonyl (C=O) groups excluding carboxylic acids is 2. The van der Waals surface area contributed by atoms with Crippen LogP contribution in [0.1, 0.15) is 54.6 Å². The smallest absolute Gasteiger partial charge is 0.253 e. The zero-order chi connectivity index (χ0) is 21.9. The predicted molar refractivity (Wildman–Crippen MR) is 120 cm³/mol. The van der Waals surface area contributed by atoms with Crippen LogP contribution in [0.2, 0.25) is 0 Å². The van der Waals surface area contributed by atoms with Crippen LogP contribution in [0.15, 0.2) is 48.5 Å². The van der Waals surface area contributed by atoms with Crippen LogP contribution < -0.4 is 0 Å². The third-order valence-corrected chi connectivity index (χ3v) is 6.66. The van der Waals surface area contributed by atoms with E-state index in [2.05, 4.69) is 45.0 Å². The SMILES string of the molecule is CCN(CCN1C(=O)CSC1c1ccc(C(C)(C)C)cc1)C(=O)c1ccc(F)cc1. The molecule has 30 heavy (non-hydrogen) atoms. The van der Waals surface area contributed by atoms with Gasteiger partial charge in [-0.2, -0.15) is 0 Å². The number of nitrogens with zero attached hydrogens (tertiary/aromatic N) is 2. The Hall–Kier alpha value is -2.34. The lowest BCUT2D eigenvalue weighted by molar-refractivity contribution is -0.128. The Morgan fingerprint density at radius 2 is 1.77 bits per heavy atom. The number of amides is 2. The van der Waals surface area contributed by atoms with Gasteiger partial charge in [-0.3, -0.25) is 9.59 Å². The summed E-state index contributed by atoms with van der Waals surface area (Å²) in [6.45, 7) is 9.88. The summed E-state index contributed by atoms with van der Waals surface area (Å²) < 4.78 is 13.2. The first-order valence-electron chi connectivity index (χ1n) is 10.3. The van der Waals surface area contributed by atoms with Crippen molar-refractivity contribution in [1.82, 2.24) is 9.80 Å². The van der Waals surface area contributed by atoms with E-state index in [1.165, 1.54) is 29.8 Å². The van der Waals surface area contributed by atoms with E-state index in [4.69, 9.17) is 0 Å². The second-order valence-corrected chi connectivity index (χ2v) is 9.58. The van der Waals surface area contributed by atoms with Gasteiger partial charge in [0.05, 0.1) is 5.75 Å². The standard InChI is InChI=1S/C24H29FN2O2S/c1-5-26(22(29)17-8-12-20(25)13-9-17)14-15-27-21(28)16-30-23(27)18-6-10-19(11-7-18)24(2,3)4/h6-13,23H,5,14-16H2,1-4H3. The minimum absolute atomic E-state index is 0.0360. The van der Waals surface area contributed by atoms with Crippen molar-refractivity contribution in [2.45, 2.75) is 38.5 Å². The topological polar surface area (TPSA) is 40.6 Å². The minimum Gasteiger partial charge on any atom is -0.337 e. The van der Waals surface area contributed by atoms with Gasteiger partial charge in [-0.1, -0.05) is 45.0 Å². The highest BCUT2D eigenvalue weighted by Gasteiger charge is 2.33. The molecule has 1 saturated heterocycles. The third-order valence-electron chi connectivity index (χ3n) is 5.40. The van der Waals surface area contributed by atoms with Crippen molar-refractivity contribution in [3.8, 4) is 0 Å². The molecule has 0 saturated carbocycles. The fraction of sp³-hybridized carbons (Fsp3) is 0.417. The number of thioether (sulfide) groups is 1. The maximum Gasteiger partial charge on any atom is 0.253 e. The first-order valence-corrected chi connectivity index (χ1v) is 11.3. The number of likely N-dealkylation sites (N-methyl/N-ethyl adjacent to an activating group) is 1. The summed E-state index contributed by atoms with van der Waals surface area (Å²) in [5, 5.41) is -0.0360. The molecule has 1 unspecified atom stereocenters. The Morgan fingerprint density at radius 3 is 2.33 bits per heavy atom. The van der Waals surface area contributed by atoms with Crippen LogP contribution in [-0.2, 0) is 10.2 Å². The monoisotopic (exact) mass is 428 g/mol. The van der Waals surface area contributed by atoms with Gasteiger partial charge in [-0.15, -0.1) is 11.8 Å². The average molecular weight is 429 g/mol. The van der Waals surface area contributed by atoms with Crippen LogP contribution in [-0.4, -0.2) is 47.0 Å². The first kappa shape index (κ1) is 22.3. The molecule has 4 nitrogen and oxygen atoms in total. The van der Waals surface area contributed by atoms with E-state index < -0.39 is 0 Å². The van der Waals surface area contributed by atoms with Crippen LogP contribution in [0.4, 0.5) is 4.39 Å². The molecule has 3 rings (SSSR count). The Balaban J connectivity index is 1.69. The summed E-state index contributed by atoms with van der Waals surface area (Å²) >= 11 is 1.62. The highest BCUT2D eigenvalue weighted by molar-refractivity contribution is 8.00. The lowest BCUT2D eigenvalue weighted by Gasteiger charge is -2.29. The van der Waals surface area contributed by atoms with Gasteiger partial charge in [0.2, 0.25) is 5.91 Å². The summed E-state index contributed by atoms with van der Waals surface area (Å²) in [6.07, 6.45) is 0. The number of carbonyl (C=O) groups is 2. The van der Waals surface area contributed by atoms with E-state index >= 15 is 0 Å². The molecule has 2 amide bonds. The Kier molecular flexibility index (Phi) is 6.86. The van der Waals surface area contributed by atoms with Gasteiger partial charge in [0.15, 0.2) is 0 Å². The van der Waals surface area contributed by atoms with E-state index in [0.717, 1.165) is 5.56 Å². The molecule has 0 spiro atoms. The maximum absolute atomic E-state index is 13.2.